The maximum absolute atomic E-state index is 13.0. The average molecular weight is 508 g/mol. The number of carbonyl (C=O) groups excluding carboxylic acids is 3. The molecule has 0 bridgehead atoms. The van der Waals surface area contributed by atoms with Crippen LogP contribution in [0.5, 0.6) is 5.75 Å². The number of nitrogens with zero attached hydrogens (tertiary/aromatic N) is 2. The number of piperidine rings is 1. The van der Waals surface area contributed by atoms with Crippen LogP contribution in [0.2, 0.25) is 5.02 Å². The van der Waals surface area contributed by atoms with Crippen LogP contribution in [-0.4, -0.2) is 58.8 Å². The molecule has 6 rings (SSSR count). The first-order valence-corrected chi connectivity index (χ1v) is 13.3. The number of ether oxygens (including phenoxy) is 1. The van der Waals surface area contributed by atoms with E-state index in [2.05, 4.69) is 22.3 Å². The molecule has 1 N–H and O–H groups in total. The Balaban J connectivity index is 1.12. The highest BCUT2D eigenvalue weighted by Gasteiger charge is 2.41. The SMILES string of the molecule is O=C1CCC(N2Cc3cc(O[C@@H]4CCCC[C@H]4N4CC(c5ccccc5Cl)C4)ccc3C2=O)C(=O)N1. The monoisotopic (exact) mass is 507 g/mol. The third-order valence-corrected chi connectivity index (χ3v) is 8.52. The predicted octanol–water partition coefficient (Wildman–Crippen LogP) is 3.89. The molecule has 3 atom stereocenters. The summed E-state index contributed by atoms with van der Waals surface area (Å²) in [7, 11) is 0. The Kier molecular flexibility index (Phi) is 6.21. The zero-order valence-electron chi connectivity index (χ0n) is 20.1. The Morgan fingerprint density at radius 2 is 1.78 bits per heavy atom. The molecule has 0 aromatic heterocycles. The van der Waals surface area contributed by atoms with Crippen LogP contribution >= 0.6 is 11.6 Å². The average Bonchev–Trinajstić information content (AvgIpc) is 3.16. The van der Waals surface area contributed by atoms with Gasteiger partial charge in [0.15, 0.2) is 0 Å². The lowest BCUT2D eigenvalue weighted by Crippen LogP contribution is -2.57. The van der Waals surface area contributed by atoms with E-state index in [0.717, 1.165) is 48.7 Å². The Morgan fingerprint density at radius 1 is 0.972 bits per heavy atom. The van der Waals surface area contributed by atoms with E-state index in [9.17, 15) is 14.4 Å². The first-order chi connectivity index (χ1) is 17.5. The summed E-state index contributed by atoms with van der Waals surface area (Å²) in [5.41, 5.74) is 2.71. The molecular weight excluding hydrogens is 478 g/mol. The molecule has 2 aromatic rings. The highest BCUT2D eigenvalue weighted by atomic mass is 35.5. The number of hydrogen-bond acceptors (Lipinski definition) is 5. The highest BCUT2D eigenvalue weighted by molar-refractivity contribution is 6.31. The first kappa shape index (κ1) is 23.5. The summed E-state index contributed by atoms with van der Waals surface area (Å²) < 4.78 is 6.54. The van der Waals surface area contributed by atoms with E-state index in [1.54, 1.807) is 4.90 Å². The predicted molar refractivity (Wildman–Crippen MR) is 135 cm³/mol. The third-order valence-electron chi connectivity index (χ3n) is 8.17. The molecule has 36 heavy (non-hydrogen) atoms. The largest absolute Gasteiger partial charge is 0.489 e. The molecule has 3 fully saturated rings. The Morgan fingerprint density at radius 3 is 2.58 bits per heavy atom. The van der Waals surface area contributed by atoms with Crippen LogP contribution < -0.4 is 10.1 Å². The van der Waals surface area contributed by atoms with Crippen LogP contribution in [0, 0.1) is 0 Å². The zero-order chi connectivity index (χ0) is 24.8. The molecule has 7 nitrogen and oxygen atoms in total. The van der Waals surface area contributed by atoms with Crippen molar-refractivity contribution in [3.63, 3.8) is 0 Å². The van der Waals surface area contributed by atoms with Crippen molar-refractivity contribution in [2.75, 3.05) is 13.1 Å². The summed E-state index contributed by atoms with van der Waals surface area (Å²) >= 11 is 6.42. The summed E-state index contributed by atoms with van der Waals surface area (Å²) in [6, 6.07) is 13.5. The number of likely N-dealkylation sites (tertiary alicyclic amines) is 1. The topological polar surface area (TPSA) is 79.0 Å². The molecule has 2 aromatic carbocycles. The molecule has 0 radical (unpaired) electrons. The number of rotatable bonds is 5. The summed E-state index contributed by atoms with van der Waals surface area (Å²) in [4.78, 5) is 40.9. The fourth-order valence-electron chi connectivity index (χ4n) is 6.22. The fraction of sp³-hybridized carbons (Fsp3) is 0.464. The summed E-state index contributed by atoms with van der Waals surface area (Å²) in [5.74, 6) is 0.405. The summed E-state index contributed by atoms with van der Waals surface area (Å²) in [6.45, 7) is 2.35. The Hall–Kier alpha value is -2.90. The number of imide groups is 1. The van der Waals surface area contributed by atoms with Gasteiger partial charge in [0.2, 0.25) is 11.8 Å². The molecule has 0 spiro atoms. The van der Waals surface area contributed by atoms with Crippen LogP contribution in [0.4, 0.5) is 0 Å². The maximum Gasteiger partial charge on any atom is 0.255 e. The second-order valence-electron chi connectivity index (χ2n) is 10.4. The number of hydrogen-bond donors (Lipinski definition) is 1. The van der Waals surface area contributed by atoms with Gasteiger partial charge in [0.1, 0.15) is 17.9 Å². The second-order valence-corrected chi connectivity index (χ2v) is 10.8. The molecular formula is C28H30ClN3O4. The number of benzene rings is 2. The van der Waals surface area contributed by atoms with Crippen molar-refractivity contribution in [2.45, 2.75) is 69.2 Å². The third kappa shape index (κ3) is 4.28. The van der Waals surface area contributed by atoms with Crippen molar-refractivity contribution in [3.8, 4) is 5.75 Å². The molecule has 3 aliphatic heterocycles. The van der Waals surface area contributed by atoms with Crippen molar-refractivity contribution < 1.29 is 19.1 Å². The number of halogens is 1. The van der Waals surface area contributed by atoms with Crippen molar-refractivity contribution in [1.29, 1.82) is 0 Å². The van der Waals surface area contributed by atoms with E-state index in [-0.39, 0.29) is 24.3 Å². The van der Waals surface area contributed by atoms with Gasteiger partial charge in [-0.05, 0) is 61.1 Å². The molecule has 1 aliphatic carbocycles. The van der Waals surface area contributed by atoms with Gasteiger partial charge in [0.25, 0.3) is 5.91 Å². The van der Waals surface area contributed by atoms with Gasteiger partial charge in [-0.2, -0.15) is 0 Å². The standard InChI is InChI=1S/C28H30ClN3O4/c29-22-6-2-1-5-20(22)18-14-31(15-18)23-7-3-4-8-25(23)36-19-9-10-21-17(13-19)16-32(28(21)35)24-11-12-26(33)30-27(24)34/h1-2,5-6,9-10,13,18,23-25H,3-4,7-8,11-12,14-16H2,(H,30,33,34)/t23-,24?,25-/m1/s1. The Bertz CT molecular complexity index is 1210. The smallest absolute Gasteiger partial charge is 0.255 e. The lowest BCUT2D eigenvalue weighted by Gasteiger charge is -2.48. The zero-order valence-corrected chi connectivity index (χ0v) is 20.9. The van der Waals surface area contributed by atoms with E-state index >= 15 is 0 Å². The van der Waals surface area contributed by atoms with Gasteiger partial charge in [-0.1, -0.05) is 36.2 Å². The highest BCUT2D eigenvalue weighted by Crippen LogP contribution is 2.38. The van der Waals surface area contributed by atoms with E-state index in [1.165, 1.54) is 12.0 Å². The quantitative estimate of drug-likeness (QED) is 0.621. The van der Waals surface area contributed by atoms with E-state index in [1.807, 2.05) is 30.3 Å². The fourth-order valence-corrected chi connectivity index (χ4v) is 6.51. The lowest BCUT2D eigenvalue weighted by molar-refractivity contribution is -0.136. The minimum atomic E-state index is -0.604. The first-order valence-electron chi connectivity index (χ1n) is 12.9. The maximum atomic E-state index is 13.0. The molecule has 8 heteroatoms. The minimum absolute atomic E-state index is 0.104. The minimum Gasteiger partial charge on any atom is -0.489 e. The normalized spacial score (nSPS) is 27.0. The van der Waals surface area contributed by atoms with Crippen LogP contribution in [0.3, 0.4) is 0 Å². The number of nitrogens with one attached hydrogen (secondary N) is 1. The van der Waals surface area contributed by atoms with Gasteiger partial charge in [0, 0.05) is 48.6 Å². The molecule has 1 saturated carbocycles. The number of carbonyl (C=O) groups is 3. The van der Waals surface area contributed by atoms with Gasteiger partial charge >= 0.3 is 0 Å². The molecule has 3 amide bonds. The van der Waals surface area contributed by atoms with Crippen molar-refractivity contribution >= 4 is 29.3 Å². The second kappa shape index (κ2) is 9.52. The number of amides is 3. The number of fused-ring (bicyclic) bond motifs is 1. The molecule has 2 saturated heterocycles. The van der Waals surface area contributed by atoms with Crippen LogP contribution in [0.1, 0.15) is 65.9 Å². The van der Waals surface area contributed by atoms with Gasteiger partial charge < -0.3 is 9.64 Å². The van der Waals surface area contributed by atoms with E-state index in [0.29, 0.717) is 30.5 Å². The lowest BCUT2D eigenvalue weighted by atomic mass is 9.84. The summed E-state index contributed by atoms with van der Waals surface area (Å²) in [5, 5.41) is 3.20. The van der Waals surface area contributed by atoms with Gasteiger partial charge in [-0.15, -0.1) is 0 Å². The van der Waals surface area contributed by atoms with Gasteiger partial charge in [0.05, 0.1) is 0 Å². The molecule has 1 unspecified atom stereocenters. The molecule has 4 aliphatic rings. The van der Waals surface area contributed by atoms with Crippen molar-refractivity contribution in [1.82, 2.24) is 15.1 Å². The summed E-state index contributed by atoms with van der Waals surface area (Å²) in [6.07, 6.45) is 5.20. The van der Waals surface area contributed by atoms with Crippen LogP contribution in [-0.2, 0) is 16.1 Å². The van der Waals surface area contributed by atoms with Gasteiger partial charge in [-0.3, -0.25) is 24.6 Å². The Labute approximate surface area is 215 Å². The van der Waals surface area contributed by atoms with Crippen LogP contribution in [0.25, 0.3) is 0 Å². The van der Waals surface area contributed by atoms with Crippen molar-refractivity contribution in [2.24, 2.45) is 0 Å². The molecule has 188 valence electrons. The van der Waals surface area contributed by atoms with E-state index < -0.39 is 11.9 Å². The van der Waals surface area contributed by atoms with Crippen LogP contribution in [0.15, 0.2) is 42.5 Å². The van der Waals surface area contributed by atoms with E-state index in [4.69, 9.17) is 16.3 Å². The van der Waals surface area contributed by atoms with Gasteiger partial charge in [-0.25, -0.2) is 0 Å². The molecule has 3 heterocycles. The van der Waals surface area contributed by atoms with Crippen molar-refractivity contribution in [3.05, 3.63) is 64.2 Å².